The number of benzene rings is 3. The highest BCUT2D eigenvalue weighted by Gasteiger charge is 2.51. The summed E-state index contributed by atoms with van der Waals surface area (Å²) in [6, 6.07) is 26.6. The molecule has 38 heavy (non-hydrogen) atoms. The minimum absolute atomic E-state index is 0.0385. The van der Waals surface area contributed by atoms with Crippen molar-refractivity contribution in [3.05, 3.63) is 107 Å². The Kier molecular flexibility index (Phi) is 7.42. The number of hydrazine groups is 1. The number of carbonyl (C=O) groups excluding carboxylic acids is 3. The van der Waals surface area contributed by atoms with Gasteiger partial charge in [0.25, 0.3) is 0 Å². The van der Waals surface area contributed by atoms with Gasteiger partial charge in [0.2, 0.25) is 11.8 Å². The molecule has 196 valence electrons. The maximum Gasteiger partial charge on any atom is 0.332 e. The smallest absolute Gasteiger partial charge is 0.332 e. The van der Waals surface area contributed by atoms with Gasteiger partial charge in [0.15, 0.2) is 0 Å². The van der Waals surface area contributed by atoms with E-state index < -0.39 is 12.2 Å². The van der Waals surface area contributed by atoms with Gasteiger partial charge < -0.3 is 15.1 Å². The van der Waals surface area contributed by atoms with Crippen LogP contribution in [0.1, 0.15) is 22.3 Å². The molecule has 0 aliphatic carbocycles. The fraction of sp³-hybridized carbons (Fsp3) is 0.300. The molecule has 0 aromatic heterocycles. The summed E-state index contributed by atoms with van der Waals surface area (Å²) in [7, 11) is 1.67. The summed E-state index contributed by atoms with van der Waals surface area (Å²) in [6.07, 6.45) is -0.0181. The van der Waals surface area contributed by atoms with E-state index in [1.807, 2.05) is 90.7 Å². The lowest BCUT2D eigenvalue weighted by atomic mass is 10.00. The second-order valence-corrected chi connectivity index (χ2v) is 9.96. The van der Waals surface area contributed by atoms with Crippen molar-refractivity contribution in [2.45, 2.75) is 38.6 Å². The Hall–Kier alpha value is -4.17. The zero-order chi connectivity index (χ0) is 26.6. The molecule has 3 aromatic carbocycles. The molecular formula is C30H33N5O3. The number of fused-ring (bicyclic) bond motifs is 1. The van der Waals surface area contributed by atoms with E-state index >= 15 is 0 Å². The molecule has 2 fully saturated rings. The van der Waals surface area contributed by atoms with Crippen molar-refractivity contribution in [1.82, 2.24) is 25.1 Å². The second kappa shape index (κ2) is 11.1. The Bertz CT molecular complexity index is 1300. The molecule has 0 radical (unpaired) electrons. The third kappa shape index (κ3) is 5.40. The van der Waals surface area contributed by atoms with E-state index in [4.69, 9.17) is 0 Å². The average molecular weight is 512 g/mol. The first-order valence-electron chi connectivity index (χ1n) is 12.9. The van der Waals surface area contributed by atoms with E-state index in [2.05, 4.69) is 11.4 Å². The van der Waals surface area contributed by atoms with E-state index in [-0.39, 0.29) is 24.4 Å². The topological polar surface area (TPSA) is 76.2 Å². The summed E-state index contributed by atoms with van der Waals surface area (Å²) >= 11 is 0. The number of amides is 4. The molecule has 1 N–H and O–H groups in total. The number of piperazine rings is 1. The summed E-state index contributed by atoms with van der Waals surface area (Å²) in [4.78, 5) is 43.7. The Morgan fingerprint density at radius 2 is 1.58 bits per heavy atom. The van der Waals surface area contributed by atoms with Gasteiger partial charge in [-0.05, 0) is 23.6 Å². The number of aryl methyl sites for hydroxylation is 1. The summed E-state index contributed by atoms with van der Waals surface area (Å²) in [5.74, 6) is -0.222. The molecule has 8 nitrogen and oxygen atoms in total. The molecule has 2 heterocycles. The molecule has 4 amide bonds. The lowest BCUT2D eigenvalue weighted by molar-refractivity contribution is -0.157. The molecule has 2 aliphatic heterocycles. The second-order valence-electron chi connectivity index (χ2n) is 9.96. The maximum absolute atomic E-state index is 13.8. The molecule has 0 bridgehead atoms. The average Bonchev–Trinajstić information content (AvgIpc) is 3.26. The number of urea groups is 1. The van der Waals surface area contributed by atoms with E-state index in [1.165, 1.54) is 5.01 Å². The highest BCUT2D eigenvalue weighted by Crippen LogP contribution is 2.30. The highest BCUT2D eigenvalue weighted by molar-refractivity contribution is 5.91. The molecule has 3 aromatic rings. The zero-order valence-corrected chi connectivity index (χ0v) is 21.8. The van der Waals surface area contributed by atoms with Crippen LogP contribution in [0.15, 0.2) is 84.9 Å². The standard InChI is InChI=1S/C30H33N5O3/c1-22-10-9-15-25(16-22)19-33-20-27-34(32(2)30(38)31-18-24-13-7-4-8-14-24)21-28(36)35(27)26(29(33)37)17-23-11-5-3-6-12-23/h3-16,26-27H,17-21H2,1-2H3,(H,31,38)/t26-,27+/m0/s1. The zero-order valence-electron chi connectivity index (χ0n) is 21.8. The van der Waals surface area contributed by atoms with Gasteiger partial charge in [-0.2, -0.15) is 5.01 Å². The van der Waals surface area contributed by atoms with Gasteiger partial charge in [-0.15, -0.1) is 0 Å². The summed E-state index contributed by atoms with van der Waals surface area (Å²) in [5, 5.41) is 6.19. The quantitative estimate of drug-likeness (QED) is 0.529. The lowest BCUT2D eigenvalue weighted by Gasteiger charge is -2.45. The SMILES string of the molecule is Cc1cccc(CN2C[C@H]3N(C(=O)CN3N(C)C(=O)NCc3ccccc3)[C@@H](Cc3ccccc3)C2=O)c1. The Morgan fingerprint density at radius 1 is 0.921 bits per heavy atom. The first-order valence-corrected chi connectivity index (χ1v) is 12.9. The lowest BCUT2D eigenvalue weighted by Crippen LogP contribution is -2.65. The van der Waals surface area contributed by atoms with Gasteiger partial charge in [-0.3, -0.25) is 14.6 Å². The molecule has 2 saturated heterocycles. The minimum atomic E-state index is -0.640. The number of rotatable bonds is 7. The molecule has 0 unspecified atom stereocenters. The first kappa shape index (κ1) is 25.5. The van der Waals surface area contributed by atoms with E-state index in [0.717, 1.165) is 22.3 Å². The third-order valence-electron chi connectivity index (χ3n) is 7.26. The number of hydrogen-bond donors (Lipinski definition) is 1. The van der Waals surface area contributed by atoms with Crippen LogP contribution in [0.3, 0.4) is 0 Å². The number of carbonyl (C=O) groups is 3. The first-order chi connectivity index (χ1) is 18.4. The molecule has 0 saturated carbocycles. The normalized spacial score (nSPS) is 19.4. The van der Waals surface area contributed by atoms with Crippen molar-refractivity contribution < 1.29 is 14.4 Å². The number of hydrogen-bond acceptors (Lipinski definition) is 4. The van der Waals surface area contributed by atoms with E-state index in [0.29, 0.717) is 26.1 Å². The maximum atomic E-state index is 13.8. The van der Waals surface area contributed by atoms with Gasteiger partial charge in [0, 0.05) is 26.6 Å². The number of nitrogens with one attached hydrogen (secondary N) is 1. The van der Waals surface area contributed by atoms with Crippen LogP contribution in [0, 0.1) is 6.92 Å². The van der Waals surface area contributed by atoms with Crippen molar-refractivity contribution in [2.75, 3.05) is 20.1 Å². The van der Waals surface area contributed by atoms with Gasteiger partial charge in [0.05, 0.1) is 13.1 Å². The molecular weight excluding hydrogens is 478 g/mol. The summed E-state index contributed by atoms with van der Waals surface area (Å²) < 4.78 is 0. The van der Waals surface area contributed by atoms with Crippen LogP contribution >= 0.6 is 0 Å². The predicted molar refractivity (Wildman–Crippen MR) is 144 cm³/mol. The van der Waals surface area contributed by atoms with Crippen molar-refractivity contribution >= 4 is 17.8 Å². The van der Waals surface area contributed by atoms with Crippen molar-refractivity contribution in [3.8, 4) is 0 Å². The molecule has 8 heteroatoms. The van der Waals surface area contributed by atoms with Crippen LogP contribution in [-0.2, 0) is 29.1 Å². The molecule has 2 aliphatic rings. The molecule has 5 rings (SSSR count). The van der Waals surface area contributed by atoms with Crippen LogP contribution in [0.5, 0.6) is 0 Å². The minimum Gasteiger partial charge on any atom is -0.333 e. The fourth-order valence-corrected chi connectivity index (χ4v) is 5.32. The Morgan fingerprint density at radius 3 is 2.26 bits per heavy atom. The van der Waals surface area contributed by atoms with Crippen LogP contribution in [0.4, 0.5) is 4.79 Å². The molecule has 2 atom stereocenters. The van der Waals surface area contributed by atoms with Gasteiger partial charge in [0.1, 0.15) is 12.2 Å². The van der Waals surface area contributed by atoms with Crippen molar-refractivity contribution in [2.24, 2.45) is 0 Å². The van der Waals surface area contributed by atoms with Crippen LogP contribution in [-0.4, -0.2) is 70.0 Å². The van der Waals surface area contributed by atoms with Gasteiger partial charge >= 0.3 is 6.03 Å². The Balaban J connectivity index is 1.39. The fourth-order valence-electron chi connectivity index (χ4n) is 5.32. The van der Waals surface area contributed by atoms with Gasteiger partial charge in [-0.25, -0.2) is 4.79 Å². The van der Waals surface area contributed by atoms with E-state index in [1.54, 1.807) is 17.0 Å². The monoisotopic (exact) mass is 511 g/mol. The van der Waals surface area contributed by atoms with Crippen molar-refractivity contribution in [1.29, 1.82) is 0 Å². The van der Waals surface area contributed by atoms with Crippen molar-refractivity contribution in [3.63, 3.8) is 0 Å². The largest absolute Gasteiger partial charge is 0.333 e. The highest BCUT2D eigenvalue weighted by atomic mass is 16.2. The van der Waals surface area contributed by atoms with Crippen LogP contribution < -0.4 is 5.32 Å². The predicted octanol–water partition coefficient (Wildman–Crippen LogP) is 3.18. The third-order valence-corrected chi connectivity index (χ3v) is 7.26. The molecule has 0 spiro atoms. The summed E-state index contributed by atoms with van der Waals surface area (Å²) in [5.41, 5.74) is 4.14. The van der Waals surface area contributed by atoms with E-state index in [9.17, 15) is 14.4 Å². The Labute approximate surface area is 223 Å². The van der Waals surface area contributed by atoms with Crippen LogP contribution in [0.2, 0.25) is 0 Å². The van der Waals surface area contributed by atoms with Gasteiger partial charge in [-0.1, -0.05) is 90.5 Å². The summed E-state index contributed by atoms with van der Waals surface area (Å²) in [6.45, 7) is 3.22. The number of nitrogens with zero attached hydrogens (tertiary/aromatic N) is 4. The van der Waals surface area contributed by atoms with Crippen LogP contribution in [0.25, 0.3) is 0 Å².